The van der Waals surface area contributed by atoms with Crippen molar-refractivity contribution in [2.45, 2.75) is 57.5 Å². The minimum Gasteiger partial charge on any atom is -0.378 e. The zero-order valence-electron chi connectivity index (χ0n) is 24.0. The van der Waals surface area contributed by atoms with Crippen LogP contribution in [0.2, 0.25) is 0 Å². The second kappa shape index (κ2) is 12.4. The molecule has 1 aliphatic rings. The van der Waals surface area contributed by atoms with Gasteiger partial charge in [0, 0.05) is 54.2 Å². The van der Waals surface area contributed by atoms with Gasteiger partial charge in [-0.25, -0.2) is 0 Å². The third-order valence-electron chi connectivity index (χ3n) is 8.02. The number of Topliss-reactive ketones (excluding diaryl/α,β-unsaturated/α-hetero) is 1. The maximum Gasteiger partial charge on any atom is 0.248 e. The van der Waals surface area contributed by atoms with Crippen LogP contribution in [0.5, 0.6) is 0 Å². The van der Waals surface area contributed by atoms with Gasteiger partial charge in [-0.15, -0.1) is 0 Å². The fourth-order valence-corrected chi connectivity index (χ4v) is 5.72. The molecule has 1 aromatic heterocycles. The summed E-state index contributed by atoms with van der Waals surface area (Å²) in [5, 5.41) is 4.25. The van der Waals surface area contributed by atoms with E-state index in [1.165, 1.54) is 13.3 Å². The molecular formula is C34H38N4O3. The van der Waals surface area contributed by atoms with Crippen LogP contribution in [0.4, 0.5) is 11.4 Å². The van der Waals surface area contributed by atoms with Crippen LogP contribution in [0.1, 0.15) is 66.6 Å². The fraction of sp³-hybridized carbons (Fsp3) is 0.324. The summed E-state index contributed by atoms with van der Waals surface area (Å²) in [7, 11) is 3.94. The highest BCUT2D eigenvalue weighted by Gasteiger charge is 2.34. The summed E-state index contributed by atoms with van der Waals surface area (Å²) in [5.74, 6) is -0.456. The Balaban J connectivity index is 1.58. The predicted octanol–water partition coefficient (Wildman–Crippen LogP) is 6.20. The highest BCUT2D eigenvalue weighted by atomic mass is 16.2. The zero-order valence-corrected chi connectivity index (χ0v) is 24.0. The average Bonchev–Trinajstić information content (AvgIpc) is 3.39. The maximum absolute atomic E-state index is 14.3. The molecule has 1 heterocycles. The molecule has 7 heteroatoms. The Hall–Kier alpha value is -4.39. The van der Waals surface area contributed by atoms with E-state index in [2.05, 4.69) is 10.3 Å². The van der Waals surface area contributed by atoms with Gasteiger partial charge in [0.05, 0.1) is 6.42 Å². The number of hydrogen-bond acceptors (Lipinski definition) is 4. The minimum atomic E-state index is -0.881. The Morgan fingerprint density at radius 2 is 1.54 bits per heavy atom. The van der Waals surface area contributed by atoms with Crippen molar-refractivity contribution in [2.75, 3.05) is 23.9 Å². The van der Waals surface area contributed by atoms with E-state index in [0.29, 0.717) is 11.3 Å². The summed E-state index contributed by atoms with van der Waals surface area (Å²) in [5.41, 5.74) is 4.68. The van der Waals surface area contributed by atoms with Crippen LogP contribution in [0.3, 0.4) is 0 Å². The lowest BCUT2D eigenvalue weighted by Crippen LogP contribution is -2.47. The molecule has 1 aliphatic carbocycles. The molecule has 1 fully saturated rings. The van der Waals surface area contributed by atoms with Gasteiger partial charge >= 0.3 is 0 Å². The third kappa shape index (κ3) is 6.35. The van der Waals surface area contributed by atoms with Gasteiger partial charge in [0.15, 0.2) is 5.78 Å². The van der Waals surface area contributed by atoms with Gasteiger partial charge in [0.25, 0.3) is 0 Å². The summed E-state index contributed by atoms with van der Waals surface area (Å²) in [4.78, 5) is 47.4. The molecule has 3 aromatic carbocycles. The molecule has 1 atom stereocenters. The van der Waals surface area contributed by atoms with Crippen molar-refractivity contribution < 1.29 is 14.4 Å². The number of ketones is 1. The molecule has 2 N–H and O–H groups in total. The Labute approximate surface area is 241 Å². The van der Waals surface area contributed by atoms with E-state index in [9.17, 15) is 14.4 Å². The number of para-hydroxylation sites is 1. The number of nitrogens with zero attached hydrogens (tertiary/aromatic N) is 2. The van der Waals surface area contributed by atoms with Crippen molar-refractivity contribution in [3.63, 3.8) is 0 Å². The first-order chi connectivity index (χ1) is 19.8. The number of carbonyl (C=O) groups is 3. The lowest BCUT2D eigenvalue weighted by molar-refractivity contribution is -0.127. The summed E-state index contributed by atoms with van der Waals surface area (Å²) in [6, 6.07) is 21.8. The SMILES string of the molecule is CC(=O)c1ccc(N(C(=O)Cc2c[nH]c3ccccc23)[C@@H](C(=O)NC2CCCCC2)c2ccc(N(C)C)cc2)cc1. The molecule has 0 bridgehead atoms. The molecule has 41 heavy (non-hydrogen) atoms. The van der Waals surface area contributed by atoms with Gasteiger partial charge in [-0.1, -0.05) is 49.6 Å². The number of fused-ring (bicyclic) bond motifs is 1. The number of amides is 2. The van der Waals surface area contributed by atoms with Crippen LogP contribution in [0, 0.1) is 0 Å². The molecule has 0 spiro atoms. The predicted molar refractivity (Wildman–Crippen MR) is 164 cm³/mol. The number of anilines is 2. The van der Waals surface area contributed by atoms with Crippen LogP contribution < -0.4 is 15.1 Å². The summed E-state index contributed by atoms with van der Waals surface area (Å²) >= 11 is 0. The molecule has 0 aliphatic heterocycles. The minimum absolute atomic E-state index is 0.0564. The number of aromatic amines is 1. The average molecular weight is 551 g/mol. The number of aromatic nitrogens is 1. The first-order valence-electron chi connectivity index (χ1n) is 14.4. The van der Waals surface area contributed by atoms with E-state index in [0.717, 1.165) is 53.4 Å². The second-order valence-electron chi connectivity index (χ2n) is 11.1. The number of rotatable bonds is 9. The topological polar surface area (TPSA) is 85.5 Å². The Morgan fingerprint density at radius 1 is 0.878 bits per heavy atom. The van der Waals surface area contributed by atoms with Crippen LogP contribution in [-0.2, 0) is 16.0 Å². The smallest absolute Gasteiger partial charge is 0.248 e. The largest absolute Gasteiger partial charge is 0.378 e. The summed E-state index contributed by atoms with van der Waals surface area (Å²) < 4.78 is 0. The van der Waals surface area contributed by atoms with Gasteiger partial charge in [-0.05, 0) is 73.4 Å². The lowest BCUT2D eigenvalue weighted by Gasteiger charge is -2.34. The van der Waals surface area contributed by atoms with E-state index in [1.54, 1.807) is 29.2 Å². The summed E-state index contributed by atoms with van der Waals surface area (Å²) in [6.07, 6.45) is 7.21. The van der Waals surface area contributed by atoms with Gasteiger partial charge in [0.2, 0.25) is 11.8 Å². The molecule has 5 rings (SSSR count). The third-order valence-corrected chi connectivity index (χ3v) is 8.02. The van der Waals surface area contributed by atoms with Gasteiger partial charge in [-0.2, -0.15) is 0 Å². The lowest BCUT2D eigenvalue weighted by atomic mass is 9.94. The monoisotopic (exact) mass is 550 g/mol. The molecule has 212 valence electrons. The molecule has 1 saturated carbocycles. The normalized spacial score (nSPS) is 14.4. The van der Waals surface area contributed by atoms with E-state index in [4.69, 9.17) is 0 Å². The van der Waals surface area contributed by atoms with Gasteiger partial charge < -0.3 is 15.2 Å². The quantitative estimate of drug-likeness (QED) is 0.243. The highest BCUT2D eigenvalue weighted by molar-refractivity contribution is 6.04. The van der Waals surface area contributed by atoms with E-state index >= 15 is 0 Å². The maximum atomic E-state index is 14.3. The van der Waals surface area contributed by atoms with Crippen molar-refractivity contribution in [1.29, 1.82) is 0 Å². The molecule has 7 nitrogen and oxygen atoms in total. The van der Waals surface area contributed by atoms with Crippen molar-refractivity contribution in [3.8, 4) is 0 Å². The van der Waals surface area contributed by atoms with Crippen LogP contribution in [0.15, 0.2) is 79.0 Å². The Kier molecular flexibility index (Phi) is 8.53. The zero-order chi connectivity index (χ0) is 28.9. The van der Waals surface area contributed by atoms with Crippen molar-refractivity contribution in [1.82, 2.24) is 10.3 Å². The molecule has 0 radical (unpaired) electrons. The van der Waals surface area contributed by atoms with Gasteiger partial charge in [-0.3, -0.25) is 19.3 Å². The van der Waals surface area contributed by atoms with Gasteiger partial charge in [0.1, 0.15) is 6.04 Å². The van der Waals surface area contributed by atoms with Crippen LogP contribution in [-0.4, -0.2) is 42.7 Å². The molecule has 0 unspecified atom stereocenters. The number of nitrogens with one attached hydrogen (secondary N) is 2. The Morgan fingerprint density at radius 3 is 2.20 bits per heavy atom. The van der Waals surface area contributed by atoms with E-state index in [1.807, 2.05) is 73.7 Å². The fourth-order valence-electron chi connectivity index (χ4n) is 5.72. The van der Waals surface area contributed by atoms with E-state index in [-0.39, 0.29) is 30.1 Å². The van der Waals surface area contributed by atoms with E-state index < -0.39 is 6.04 Å². The second-order valence-corrected chi connectivity index (χ2v) is 11.1. The van der Waals surface area contributed by atoms with Crippen molar-refractivity contribution in [3.05, 3.63) is 95.7 Å². The molecule has 0 saturated heterocycles. The van der Waals surface area contributed by atoms with Crippen molar-refractivity contribution >= 4 is 39.9 Å². The number of H-pyrrole nitrogens is 1. The first kappa shape index (κ1) is 28.1. The standard InChI is InChI=1S/C34H38N4O3/c1-23(39)24-13-19-29(20-14-24)38(32(40)21-26-22-35-31-12-8-7-11-30(26)31)33(25-15-17-28(18-16-25)37(2)3)34(41)36-27-9-5-4-6-10-27/h7-8,11-20,22,27,33,35H,4-6,9-10,21H2,1-3H3,(H,36,41)/t33-/m1/s1. The highest BCUT2D eigenvalue weighted by Crippen LogP contribution is 2.32. The Bertz CT molecular complexity index is 1520. The molecular weight excluding hydrogens is 512 g/mol. The first-order valence-corrected chi connectivity index (χ1v) is 14.4. The number of hydrogen-bond donors (Lipinski definition) is 2. The number of benzene rings is 3. The summed E-state index contributed by atoms with van der Waals surface area (Å²) in [6.45, 7) is 1.52. The molecule has 4 aromatic rings. The van der Waals surface area contributed by atoms with Crippen LogP contribution in [0.25, 0.3) is 10.9 Å². The van der Waals surface area contributed by atoms with Crippen LogP contribution >= 0.6 is 0 Å². The number of carbonyl (C=O) groups excluding carboxylic acids is 3. The van der Waals surface area contributed by atoms with Crippen molar-refractivity contribution in [2.24, 2.45) is 0 Å². The molecule has 2 amide bonds.